The Morgan fingerprint density at radius 1 is 0.844 bits per heavy atom. The highest BCUT2D eigenvalue weighted by molar-refractivity contribution is 6.04. The molecule has 0 aliphatic carbocycles. The van der Waals surface area contributed by atoms with Crippen LogP contribution in [0.2, 0.25) is 0 Å². The standard InChI is InChI=1S/C27H29NO4/c1-18-6-11-21(12-7-18)28-26(30)20-9-13-22(14-10-20)32-25(29)17-31-24-15-8-19(2)16-23(24)27(3,4)5/h6-16H,17H2,1-5H3,(H,28,30). The normalized spacial score (nSPS) is 11.0. The molecule has 3 aromatic rings. The Bertz CT molecular complexity index is 1090. The molecule has 0 fully saturated rings. The number of hydrogen-bond acceptors (Lipinski definition) is 4. The van der Waals surface area contributed by atoms with Gasteiger partial charge in [-0.15, -0.1) is 0 Å². The summed E-state index contributed by atoms with van der Waals surface area (Å²) in [5.74, 6) is 0.278. The topological polar surface area (TPSA) is 64.6 Å². The minimum Gasteiger partial charge on any atom is -0.482 e. The first kappa shape index (κ1) is 23.1. The second-order valence-electron chi connectivity index (χ2n) is 8.86. The first-order valence-corrected chi connectivity index (χ1v) is 10.5. The number of esters is 1. The molecule has 0 spiro atoms. The van der Waals surface area contributed by atoms with E-state index in [1.165, 1.54) is 0 Å². The third-order valence-corrected chi connectivity index (χ3v) is 4.95. The third-order valence-electron chi connectivity index (χ3n) is 4.95. The van der Waals surface area contributed by atoms with Gasteiger partial charge < -0.3 is 14.8 Å². The average molecular weight is 432 g/mol. The van der Waals surface area contributed by atoms with Crippen molar-refractivity contribution in [2.75, 3.05) is 11.9 Å². The summed E-state index contributed by atoms with van der Waals surface area (Å²) in [5.41, 5.74) is 4.37. The highest BCUT2D eigenvalue weighted by Crippen LogP contribution is 2.32. The molecule has 5 nitrogen and oxygen atoms in total. The Morgan fingerprint density at radius 2 is 1.47 bits per heavy atom. The average Bonchev–Trinajstić information content (AvgIpc) is 2.74. The number of ether oxygens (including phenoxy) is 2. The molecule has 3 aromatic carbocycles. The van der Waals surface area contributed by atoms with E-state index in [1.807, 2.05) is 50.2 Å². The maximum Gasteiger partial charge on any atom is 0.349 e. The molecule has 1 amide bonds. The van der Waals surface area contributed by atoms with Gasteiger partial charge in [0.25, 0.3) is 5.91 Å². The predicted octanol–water partition coefficient (Wildman–Crippen LogP) is 5.84. The Kier molecular flexibility index (Phi) is 6.98. The predicted molar refractivity (Wildman–Crippen MR) is 127 cm³/mol. The van der Waals surface area contributed by atoms with Crippen LogP contribution in [0.3, 0.4) is 0 Å². The van der Waals surface area contributed by atoms with Crippen LogP contribution in [-0.4, -0.2) is 18.5 Å². The number of aryl methyl sites for hydroxylation is 2. The molecular formula is C27H29NO4. The lowest BCUT2D eigenvalue weighted by atomic mass is 9.85. The number of rotatable bonds is 6. The zero-order chi connectivity index (χ0) is 23.3. The Balaban J connectivity index is 1.57. The summed E-state index contributed by atoms with van der Waals surface area (Å²) >= 11 is 0. The molecular weight excluding hydrogens is 402 g/mol. The van der Waals surface area contributed by atoms with E-state index < -0.39 is 5.97 Å². The molecule has 0 bridgehead atoms. The van der Waals surface area contributed by atoms with Gasteiger partial charge in [0.2, 0.25) is 0 Å². The van der Waals surface area contributed by atoms with E-state index in [-0.39, 0.29) is 17.9 Å². The van der Waals surface area contributed by atoms with E-state index in [1.54, 1.807) is 24.3 Å². The molecule has 0 aromatic heterocycles. The molecule has 32 heavy (non-hydrogen) atoms. The quantitative estimate of drug-likeness (QED) is 0.393. The van der Waals surface area contributed by atoms with Crippen LogP contribution in [-0.2, 0) is 10.2 Å². The smallest absolute Gasteiger partial charge is 0.349 e. The van der Waals surface area contributed by atoms with E-state index in [0.717, 1.165) is 22.4 Å². The van der Waals surface area contributed by atoms with Crippen molar-refractivity contribution < 1.29 is 19.1 Å². The number of nitrogens with one attached hydrogen (secondary N) is 1. The van der Waals surface area contributed by atoms with Gasteiger partial charge in [-0.2, -0.15) is 0 Å². The van der Waals surface area contributed by atoms with Crippen LogP contribution < -0.4 is 14.8 Å². The fourth-order valence-electron chi connectivity index (χ4n) is 3.17. The Labute approximate surface area is 189 Å². The van der Waals surface area contributed by atoms with Gasteiger partial charge in [0.05, 0.1) is 0 Å². The van der Waals surface area contributed by atoms with Gasteiger partial charge in [-0.1, -0.05) is 56.2 Å². The van der Waals surface area contributed by atoms with Gasteiger partial charge in [-0.3, -0.25) is 4.79 Å². The largest absolute Gasteiger partial charge is 0.482 e. The zero-order valence-electron chi connectivity index (χ0n) is 19.2. The number of benzene rings is 3. The molecule has 0 radical (unpaired) electrons. The molecule has 3 rings (SSSR count). The maximum absolute atomic E-state index is 12.4. The molecule has 0 saturated carbocycles. The van der Waals surface area contributed by atoms with Crippen LogP contribution in [0.1, 0.15) is 47.8 Å². The summed E-state index contributed by atoms with van der Waals surface area (Å²) in [6, 6.07) is 19.9. The van der Waals surface area contributed by atoms with E-state index in [9.17, 15) is 9.59 Å². The number of hydrogen-bond donors (Lipinski definition) is 1. The lowest BCUT2D eigenvalue weighted by Gasteiger charge is -2.23. The van der Waals surface area contributed by atoms with Gasteiger partial charge in [0.1, 0.15) is 11.5 Å². The summed E-state index contributed by atoms with van der Waals surface area (Å²) in [6.45, 7) is 10.1. The van der Waals surface area contributed by atoms with Crippen molar-refractivity contribution in [1.82, 2.24) is 0 Å². The van der Waals surface area contributed by atoms with Gasteiger partial charge in [-0.05, 0) is 67.3 Å². The molecule has 5 heteroatoms. The second-order valence-corrected chi connectivity index (χ2v) is 8.86. The Morgan fingerprint density at radius 3 is 2.09 bits per heavy atom. The van der Waals surface area contributed by atoms with Crippen LogP contribution in [0, 0.1) is 13.8 Å². The molecule has 0 saturated heterocycles. The van der Waals surface area contributed by atoms with E-state index in [0.29, 0.717) is 17.1 Å². The molecule has 0 unspecified atom stereocenters. The van der Waals surface area contributed by atoms with E-state index in [2.05, 4.69) is 32.2 Å². The first-order valence-electron chi connectivity index (χ1n) is 10.5. The molecule has 0 atom stereocenters. The van der Waals surface area contributed by atoms with Gasteiger partial charge in [0.15, 0.2) is 6.61 Å². The van der Waals surface area contributed by atoms with E-state index >= 15 is 0 Å². The fourth-order valence-corrected chi connectivity index (χ4v) is 3.17. The van der Waals surface area contributed by atoms with Crippen LogP contribution in [0.4, 0.5) is 5.69 Å². The van der Waals surface area contributed by atoms with Crippen molar-refractivity contribution in [3.63, 3.8) is 0 Å². The van der Waals surface area contributed by atoms with Crippen molar-refractivity contribution in [2.24, 2.45) is 0 Å². The highest BCUT2D eigenvalue weighted by Gasteiger charge is 2.20. The number of carbonyl (C=O) groups is 2. The summed E-state index contributed by atoms with van der Waals surface area (Å²) in [7, 11) is 0. The molecule has 1 N–H and O–H groups in total. The SMILES string of the molecule is Cc1ccc(NC(=O)c2ccc(OC(=O)COc3ccc(C)cc3C(C)(C)C)cc2)cc1. The minimum atomic E-state index is -0.512. The van der Waals surface area contributed by atoms with Crippen molar-refractivity contribution >= 4 is 17.6 Å². The molecule has 0 heterocycles. The lowest BCUT2D eigenvalue weighted by Crippen LogP contribution is -2.20. The molecule has 0 aliphatic heterocycles. The van der Waals surface area contributed by atoms with Gasteiger partial charge in [0, 0.05) is 11.3 Å². The van der Waals surface area contributed by atoms with Crippen molar-refractivity contribution in [2.45, 2.75) is 40.0 Å². The summed E-state index contributed by atoms with van der Waals surface area (Å²) in [4.78, 5) is 24.7. The molecule has 166 valence electrons. The van der Waals surface area contributed by atoms with Gasteiger partial charge >= 0.3 is 5.97 Å². The van der Waals surface area contributed by atoms with Crippen molar-refractivity contribution in [3.8, 4) is 11.5 Å². The second kappa shape index (κ2) is 9.69. The number of carbonyl (C=O) groups excluding carboxylic acids is 2. The van der Waals surface area contributed by atoms with Gasteiger partial charge in [-0.25, -0.2) is 4.79 Å². The number of amides is 1. The zero-order valence-corrected chi connectivity index (χ0v) is 19.2. The first-order chi connectivity index (χ1) is 15.1. The van der Waals surface area contributed by atoms with Crippen LogP contribution >= 0.6 is 0 Å². The Hall–Kier alpha value is -3.60. The van der Waals surface area contributed by atoms with Crippen molar-refractivity contribution in [1.29, 1.82) is 0 Å². The van der Waals surface area contributed by atoms with Crippen LogP contribution in [0.15, 0.2) is 66.7 Å². The molecule has 0 aliphatic rings. The fraction of sp³-hybridized carbons (Fsp3) is 0.259. The third kappa shape index (κ3) is 6.20. The minimum absolute atomic E-state index is 0.111. The monoisotopic (exact) mass is 431 g/mol. The summed E-state index contributed by atoms with van der Waals surface area (Å²) < 4.78 is 11.1. The van der Waals surface area contributed by atoms with Crippen molar-refractivity contribution in [3.05, 3.63) is 89.0 Å². The number of anilines is 1. The summed E-state index contributed by atoms with van der Waals surface area (Å²) in [6.07, 6.45) is 0. The van der Waals surface area contributed by atoms with Crippen LogP contribution in [0.25, 0.3) is 0 Å². The van der Waals surface area contributed by atoms with Crippen LogP contribution in [0.5, 0.6) is 11.5 Å². The van der Waals surface area contributed by atoms with E-state index in [4.69, 9.17) is 9.47 Å². The summed E-state index contributed by atoms with van der Waals surface area (Å²) in [5, 5.41) is 2.84. The lowest BCUT2D eigenvalue weighted by molar-refractivity contribution is -0.136. The maximum atomic E-state index is 12.4. The highest BCUT2D eigenvalue weighted by atomic mass is 16.6.